The number of benzene rings is 1. The van der Waals surface area contributed by atoms with Gasteiger partial charge < -0.3 is 10.1 Å². The summed E-state index contributed by atoms with van der Waals surface area (Å²) in [5, 5.41) is 12.6. The van der Waals surface area contributed by atoms with Gasteiger partial charge in [0.25, 0.3) is 0 Å². The highest BCUT2D eigenvalue weighted by Gasteiger charge is 2.42. The highest BCUT2D eigenvalue weighted by atomic mass is 16.5. The molecule has 0 amide bonds. The van der Waals surface area contributed by atoms with E-state index in [2.05, 4.69) is 29.3 Å². The van der Waals surface area contributed by atoms with Gasteiger partial charge in [-0.2, -0.15) is 5.26 Å². The summed E-state index contributed by atoms with van der Waals surface area (Å²) in [4.78, 5) is 2.61. The van der Waals surface area contributed by atoms with Crippen molar-refractivity contribution in [3.63, 3.8) is 0 Å². The van der Waals surface area contributed by atoms with Crippen molar-refractivity contribution in [1.29, 1.82) is 5.26 Å². The molecule has 3 atom stereocenters. The highest BCUT2D eigenvalue weighted by Crippen LogP contribution is 2.35. The number of fused-ring (bicyclic) bond motifs is 1. The van der Waals surface area contributed by atoms with Crippen molar-refractivity contribution in [2.45, 2.75) is 25.9 Å². The number of methoxy groups -OCH3 is 1. The molecule has 2 aliphatic rings. The molecule has 112 valence electrons. The molecular weight excluding hydrogens is 262 g/mol. The molecule has 2 aliphatic heterocycles. The Morgan fingerprint density at radius 2 is 2.29 bits per heavy atom. The molecule has 4 heteroatoms. The third kappa shape index (κ3) is 2.64. The van der Waals surface area contributed by atoms with Gasteiger partial charge in [0.2, 0.25) is 0 Å². The van der Waals surface area contributed by atoms with Crippen LogP contribution in [-0.2, 0) is 6.54 Å². The topological polar surface area (TPSA) is 48.3 Å². The van der Waals surface area contributed by atoms with Gasteiger partial charge in [-0.25, -0.2) is 0 Å². The standard InChI is InChI=1S/C17H23N3O/c1-3-16-15-9-19-8-14(15)11-20(16)10-12-4-5-13(7-18)17(6-12)21-2/h4-6,14-16,19H,3,8-11H2,1-2H3. The maximum Gasteiger partial charge on any atom is 0.136 e. The van der Waals surface area contributed by atoms with Crippen LogP contribution in [0.25, 0.3) is 0 Å². The minimum atomic E-state index is 0.607. The quantitative estimate of drug-likeness (QED) is 0.919. The first-order valence-electron chi connectivity index (χ1n) is 7.78. The van der Waals surface area contributed by atoms with Crippen LogP contribution in [0.15, 0.2) is 18.2 Å². The van der Waals surface area contributed by atoms with E-state index < -0.39 is 0 Å². The van der Waals surface area contributed by atoms with Crippen LogP contribution in [0.1, 0.15) is 24.5 Å². The summed E-state index contributed by atoms with van der Waals surface area (Å²) in [7, 11) is 1.63. The molecule has 0 radical (unpaired) electrons. The van der Waals surface area contributed by atoms with Crippen LogP contribution in [0.3, 0.4) is 0 Å². The lowest BCUT2D eigenvalue weighted by molar-refractivity contribution is 0.210. The monoisotopic (exact) mass is 285 g/mol. The molecule has 3 rings (SSSR count). The average Bonchev–Trinajstić information content (AvgIpc) is 3.07. The predicted molar refractivity (Wildman–Crippen MR) is 82.0 cm³/mol. The molecule has 2 heterocycles. The second-order valence-electron chi connectivity index (χ2n) is 6.13. The Morgan fingerprint density at radius 3 is 3.00 bits per heavy atom. The van der Waals surface area contributed by atoms with Crippen LogP contribution in [0.2, 0.25) is 0 Å². The van der Waals surface area contributed by atoms with Crippen molar-refractivity contribution in [3.05, 3.63) is 29.3 Å². The summed E-state index contributed by atoms with van der Waals surface area (Å²) >= 11 is 0. The Hall–Kier alpha value is -1.57. The van der Waals surface area contributed by atoms with Crippen LogP contribution < -0.4 is 10.1 Å². The molecule has 0 aliphatic carbocycles. The lowest BCUT2D eigenvalue weighted by Crippen LogP contribution is -2.34. The van der Waals surface area contributed by atoms with Crippen LogP contribution in [-0.4, -0.2) is 37.7 Å². The first-order chi connectivity index (χ1) is 10.3. The fourth-order valence-electron chi connectivity index (χ4n) is 4.01. The van der Waals surface area contributed by atoms with E-state index in [1.807, 2.05) is 12.1 Å². The fourth-order valence-corrected chi connectivity index (χ4v) is 4.01. The normalized spacial score (nSPS) is 28.3. The third-order valence-electron chi connectivity index (χ3n) is 5.01. The van der Waals surface area contributed by atoms with Gasteiger partial charge in [0.05, 0.1) is 12.7 Å². The molecular formula is C17H23N3O. The number of likely N-dealkylation sites (tertiary alicyclic amines) is 1. The lowest BCUT2D eigenvalue weighted by Gasteiger charge is -2.27. The molecule has 2 saturated heterocycles. The van der Waals surface area contributed by atoms with Crippen LogP contribution in [0.4, 0.5) is 0 Å². The minimum absolute atomic E-state index is 0.607. The van der Waals surface area contributed by atoms with Gasteiger partial charge in [-0.1, -0.05) is 13.0 Å². The molecule has 1 N–H and O–H groups in total. The van der Waals surface area contributed by atoms with Crippen molar-refractivity contribution in [2.24, 2.45) is 11.8 Å². The number of nitrogens with one attached hydrogen (secondary N) is 1. The van der Waals surface area contributed by atoms with E-state index in [1.165, 1.54) is 18.5 Å². The van der Waals surface area contributed by atoms with Gasteiger partial charge >= 0.3 is 0 Å². The van der Waals surface area contributed by atoms with Crippen molar-refractivity contribution < 1.29 is 4.74 Å². The van der Waals surface area contributed by atoms with E-state index in [0.29, 0.717) is 17.4 Å². The molecule has 0 spiro atoms. The van der Waals surface area contributed by atoms with Crippen LogP contribution in [0.5, 0.6) is 5.75 Å². The van der Waals surface area contributed by atoms with E-state index >= 15 is 0 Å². The molecule has 1 aromatic carbocycles. The van der Waals surface area contributed by atoms with Crippen LogP contribution in [0, 0.1) is 23.2 Å². The number of hydrogen-bond donors (Lipinski definition) is 1. The van der Waals surface area contributed by atoms with Gasteiger partial charge in [-0.3, -0.25) is 4.90 Å². The van der Waals surface area contributed by atoms with Gasteiger partial charge in [0, 0.05) is 19.1 Å². The molecule has 4 nitrogen and oxygen atoms in total. The number of hydrogen-bond acceptors (Lipinski definition) is 4. The Bertz CT molecular complexity index is 551. The minimum Gasteiger partial charge on any atom is -0.495 e. The smallest absolute Gasteiger partial charge is 0.136 e. The first-order valence-corrected chi connectivity index (χ1v) is 7.78. The van der Waals surface area contributed by atoms with Crippen molar-refractivity contribution >= 4 is 0 Å². The van der Waals surface area contributed by atoms with E-state index in [4.69, 9.17) is 10.00 Å². The summed E-state index contributed by atoms with van der Waals surface area (Å²) < 4.78 is 5.32. The molecule has 0 bridgehead atoms. The lowest BCUT2D eigenvalue weighted by atomic mass is 9.93. The maximum absolute atomic E-state index is 9.07. The van der Waals surface area contributed by atoms with Crippen LogP contribution >= 0.6 is 0 Å². The SMILES string of the molecule is CCC1C2CNCC2CN1Cc1ccc(C#N)c(OC)c1. The zero-order chi connectivity index (χ0) is 14.8. The molecule has 21 heavy (non-hydrogen) atoms. The van der Waals surface area contributed by atoms with Crippen molar-refractivity contribution in [2.75, 3.05) is 26.7 Å². The van der Waals surface area contributed by atoms with E-state index in [0.717, 1.165) is 31.5 Å². The van der Waals surface area contributed by atoms with Gasteiger partial charge in [-0.15, -0.1) is 0 Å². The van der Waals surface area contributed by atoms with E-state index in [1.54, 1.807) is 7.11 Å². The first kappa shape index (κ1) is 14.4. The zero-order valence-corrected chi connectivity index (χ0v) is 12.8. The molecule has 0 saturated carbocycles. The summed E-state index contributed by atoms with van der Waals surface area (Å²) in [5.41, 5.74) is 1.84. The fraction of sp³-hybridized carbons (Fsp3) is 0.588. The van der Waals surface area contributed by atoms with Gasteiger partial charge in [0.1, 0.15) is 11.8 Å². The second kappa shape index (κ2) is 6.05. The average molecular weight is 285 g/mol. The van der Waals surface area contributed by atoms with Gasteiger partial charge in [0.15, 0.2) is 0 Å². The van der Waals surface area contributed by atoms with E-state index in [9.17, 15) is 0 Å². The Morgan fingerprint density at radius 1 is 1.43 bits per heavy atom. The Balaban J connectivity index is 1.76. The number of ether oxygens (including phenoxy) is 1. The Labute approximate surface area is 126 Å². The summed E-state index contributed by atoms with van der Waals surface area (Å²) in [5.74, 6) is 2.29. The zero-order valence-electron chi connectivity index (χ0n) is 12.8. The molecule has 2 fully saturated rings. The number of rotatable bonds is 4. The number of nitriles is 1. The Kier molecular flexibility index (Phi) is 4.14. The van der Waals surface area contributed by atoms with Crippen molar-refractivity contribution in [3.8, 4) is 11.8 Å². The summed E-state index contributed by atoms with van der Waals surface area (Å²) in [6.45, 7) is 6.74. The predicted octanol–water partition coefficient (Wildman–Crippen LogP) is 2.00. The number of nitrogens with zero attached hydrogens (tertiary/aromatic N) is 2. The molecule has 0 aromatic heterocycles. The maximum atomic E-state index is 9.07. The van der Waals surface area contributed by atoms with Crippen molar-refractivity contribution in [1.82, 2.24) is 10.2 Å². The van der Waals surface area contributed by atoms with Gasteiger partial charge in [-0.05, 0) is 49.0 Å². The third-order valence-corrected chi connectivity index (χ3v) is 5.01. The molecule has 3 unspecified atom stereocenters. The summed E-state index contributed by atoms with van der Waals surface area (Å²) in [6.07, 6.45) is 1.20. The molecule has 1 aromatic rings. The highest BCUT2D eigenvalue weighted by molar-refractivity contribution is 5.45. The van der Waals surface area contributed by atoms with E-state index in [-0.39, 0.29) is 0 Å². The largest absolute Gasteiger partial charge is 0.495 e. The second-order valence-corrected chi connectivity index (χ2v) is 6.13. The summed E-state index contributed by atoms with van der Waals surface area (Å²) in [6, 6.07) is 8.78.